The molecule has 0 amide bonds. The maximum Gasteiger partial charge on any atom is 0.0441 e. The van der Waals surface area contributed by atoms with Crippen molar-refractivity contribution in [1.82, 2.24) is 0 Å². The Kier molecular flexibility index (Phi) is 4.41. The summed E-state index contributed by atoms with van der Waals surface area (Å²) in [5, 5.41) is 0.823. The summed E-state index contributed by atoms with van der Waals surface area (Å²) in [5.74, 6) is 0. The fourth-order valence-electron chi connectivity index (χ4n) is 1.59. The minimum Gasteiger partial charge on any atom is -0.0840 e. The van der Waals surface area contributed by atoms with Crippen molar-refractivity contribution in [2.24, 2.45) is 0 Å². The Morgan fingerprint density at radius 3 is 2.47 bits per heavy atom. The van der Waals surface area contributed by atoms with Gasteiger partial charge in [-0.3, -0.25) is 0 Å². The Bertz CT molecular complexity index is 532. The van der Waals surface area contributed by atoms with Gasteiger partial charge < -0.3 is 0 Å². The van der Waals surface area contributed by atoms with Gasteiger partial charge in [0.15, 0.2) is 0 Å². The predicted molar refractivity (Wildman–Crippen MR) is 78.3 cm³/mol. The molecule has 0 fully saturated rings. The first kappa shape index (κ1) is 12.4. The van der Waals surface area contributed by atoms with Gasteiger partial charge in [-0.2, -0.15) is 0 Å². The summed E-state index contributed by atoms with van der Waals surface area (Å²) in [6, 6.07) is 16.1. The summed E-state index contributed by atoms with van der Waals surface area (Å²) < 4.78 is 1.11. The van der Waals surface area contributed by atoms with Crippen LogP contribution in [0.5, 0.6) is 0 Å². The molecule has 0 radical (unpaired) electrons. The number of rotatable bonds is 3. The molecule has 0 spiro atoms. The predicted octanol–water partition coefficient (Wildman–Crippen LogP) is 5.36. The standard InChI is InChI=1S/C15H12BrCl/c16-14-10-3-1-6-12(14)8-5-9-13-7-2-4-11-15(13)17/h1-8,10-11H,9H2. The molecule has 0 nitrogen and oxygen atoms in total. The number of halogens is 2. The van der Waals surface area contributed by atoms with E-state index in [0.717, 1.165) is 21.5 Å². The van der Waals surface area contributed by atoms with E-state index < -0.39 is 0 Å². The molecule has 0 atom stereocenters. The summed E-state index contributed by atoms with van der Waals surface area (Å²) in [7, 11) is 0. The van der Waals surface area contributed by atoms with Gasteiger partial charge in [-0.1, -0.05) is 76.1 Å². The van der Waals surface area contributed by atoms with Gasteiger partial charge in [0.2, 0.25) is 0 Å². The highest BCUT2D eigenvalue weighted by atomic mass is 79.9. The van der Waals surface area contributed by atoms with E-state index in [2.05, 4.69) is 34.1 Å². The van der Waals surface area contributed by atoms with Crippen molar-refractivity contribution in [3.8, 4) is 0 Å². The van der Waals surface area contributed by atoms with Gasteiger partial charge in [0.25, 0.3) is 0 Å². The fraction of sp³-hybridized carbons (Fsp3) is 0.0667. The minimum atomic E-state index is 0.823. The van der Waals surface area contributed by atoms with Crippen LogP contribution in [0.15, 0.2) is 59.1 Å². The molecule has 2 heteroatoms. The van der Waals surface area contributed by atoms with Gasteiger partial charge in [0.05, 0.1) is 0 Å². The highest BCUT2D eigenvalue weighted by molar-refractivity contribution is 9.10. The lowest BCUT2D eigenvalue weighted by molar-refractivity contribution is 1.28. The van der Waals surface area contributed by atoms with Crippen LogP contribution < -0.4 is 0 Å². The lowest BCUT2D eigenvalue weighted by atomic mass is 10.1. The molecule has 0 heterocycles. The van der Waals surface area contributed by atoms with Crippen LogP contribution in [0.4, 0.5) is 0 Å². The second kappa shape index (κ2) is 6.04. The molecule has 0 aliphatic heterocycles. The number of hydrogen-bond donors (Lipinski definition) is 0. The maximum absolute atomic E-state index is 6.09. The quantitative estimate of drug-likeness (QED) is 0.716. The fourth-order valence-corrected chi connectivity index (χ4v) is 2.22. The summed E-state index contributed by atoms with van der Waals surface area (Å²) in [4.78, 5) is 0. The average molecular weight is 308 g/mol. The van der Waals surface area contributed by atoms with Crippen molar-refractivity contribution in [3.63, 3.8) is 0 Å². The van der Waals surface area contributed by atoms with Crippen LogP contribution in [0.25, 0.3) is 6.08 Å². The molecule has 2 aromatic carbocycles. The molecule has 0 unspecified atom stereocenters. The Morgan fingerprint density at radius 2 is 1.71 bits per heavy atom. The van der Waals surface area contributed by atoms with E-state index in [1.165, 1.54) is 5.56 Å². The zero-order valence-corrected chi connectivity index (χ0v) is 11.6. The third-order valence-electron chi connectivity index (χ3n) is 2.50. The zero-order chi connectivity index (χ0) is 12.1. The lowest BCUT2D eigenvalue weighted by Gasteiger charge is -2.00. The Labute approximate surface area is 115 Å². The molecule has 17 heavy (non-hydrogen) atoms. The van der Waals surface area contributed by atoms with Gasteiger partial charge >= 0.3 is 0 Å². The molecule has 0 saturated carbocycles. The smallest absolute Gasteiger partial charge is 0.0441 e. The second-order valence-corrected chi connectivity index (χ2v) is 4.98. The minimum absolute atomic E-state index is 0.823. The third kappa shape index (κ3) is 3.45. The molecular weight excluding hydrogens is 296 g/mol. The van der Waals surface area contributed by atoms with Crippen LogP contribution in [0, 0.1) is 0 Å². The summed E-state index contributed by atoms with van der Waals surface area (Å²) in [6.45, 7) is 0. The van der Waals surface area contributed by atoms with Crippen LogP contribution in [0.2, 0.25) is 5.02 Å². The number of allylic oxidation sites excluding steroid dienone is 1. The molecule has 2 aromatic rings. The van der Waals surface area contributed by atoms with Crippen molar-refractivity contribution in [3.05, 3.63) is 75.2 Å². The number of benzene rings is 2. The van der Waals surface area contributed by atoms with Crippen LogP contribution in [-0.4, -0.2) is 0 Å². The summed E-state index contributed by atoms with van der Waals surface area (Å²) >= 11 is 9.61. The van der Waals surface area contributed by atoms with E-state index in [1.54, 1.807) is 0 Å². The topological polar surface area (TPSA) is 0 Å². The Hall–Kier alpha value is -1.05. The van der Waals surface area contributed by atoms with E-state index in [-0.39, 0.29) is 0 Å². The first-order chi connectivity index (χ1) is 8.27. The molecule has 2 rings (SSSR count). The zero-order valence-electron chi connectivity index (χ0n) is 9.24. The maximum atomic E-state index is 6.09. The van der Waals surface area contributed by atoms with E-state index in [4.69, 9.17) is 11.6 Å². The van der Waals surface area contributed by atoms with Crippen molar-refractivity contribution in [1.29, 1.82) is 0 Å². The van der Waals surface area contributed by atoms with Crippen molar-refractivity contribution in [2.75, 3.05) is 0 Å². The Balaban J connectivity index is 2.09. The molecule has 86 valence electrons. The molecular formula is C15H12BrCl. The van der Waals surface area contributed by atoms with Crippen LogP contribution >= 0.6 is 27.5 Å². The van der Waals surface area contributed by atoms with Crippen LogP contribution in [0.1, 0.15) is 11.1 Å². The highest BCUT2D eigenvalue weighted by Gasteiger charge is 1.96. The molecule has 0 bridgehead atoms. The third-order valence-corrected chi connectivity index (χ3v) is 3.59. The van der Waals surface area contributed by atoms with E-state index in [0.29, 0.717) is 0 Å². The van der Waals surface area contributed by atoms with Crippen LogP contribution in [0.3, 0.4) is 0 Å². The van der Waals surface area contributed by atoms with E-state index in [1.807, 2.05) is 42.5 Å². The monoisotopic (exact) mass is 306 g/mol. The summed E-state index contributed by atoms with van der Waals surface area (Å²) in [5.41, 5.74) is 2.33. The van der Waals surface area contributed by atoms with E-state index in [9.17, 15) is 0 Å². The first-order valence-electron chi connectivity index (χ1n) is 5.42. The summed E-state index contributed by atoms with van der Waals surface area (Å²) in [6.07, 6.45) is 5.08. The van der Waals surface area contributed by atoms with Gasteiger partial charge in [-0.15, -0.1) is 0 Å². The largest absolute Gasteiger partial charge is 0.0840 e. The van der Waals surface area contributed by atoms with Crippen LogP contribution in [-0.2, 0) is 6.42 Å². The molecule has 0 aliphatic rings. The Morgan fingerprint density at radius 1 is 1.00 bits per heavy atom. The van der Waals surface area contributed by atoms with Crippen molar-refractivity contribution >= 4 is 33.6 Å². The molecule has 0 aromatic heterocycles. The highest BCUT2D eigenvalue weighted by Crippen LogP contribution is 2.19. The van der Waals surface area contributed by atoms with Gasteiger partial charge in [-0.25, -0.2) is 0 Å². The lowest BCUT2D eigenvalue weighted by Crippen LogP contribution is -1.82. The van der Waals surface area contributed by atoms with Gasteiger partial charge in [0.1, 0.15) is 0 Å². The second-order valence-electron chi connectivity index (χ2n) is 3.72. The molecule has 0 saturated heterocycles. The van der Waals surface area contributed by atoms with Gasteiger partial charge in [0, 0.05) is 9.50 Å². The van der Waals surface area contributed by atoms with Crippen molar-refractivity contribution < 1.29 is 0 Å². The first-order valence-corrected chi connectivity index (χ1v) is 6.59. The normalized spacial score (nSPS) is 10.9. The average Bonchev–Trinajstić information content (AvgIpc) is 2.34. The van der Waals surface area contributed by atoms with Crippen molar-refractivity contribution in [2.45, 2.75) is 6.42 Å². The number of hydrogen-bond acceptors (Lipinski definition) is 0. The molecule has 0 aliphatic carbocycles. The SMILES string of the molecule is Clc1ccccc1CC=Cc1ccccc1Br. The van der Waals surface area contributed by atoms with E-state index >= 15 is 0 Å². The van der Waals surface area contributed by atoms with Gasteiger partial charge in [-0.05, 0) is 29.7 Å². The molecule has 0 N–H and O–H groups in total.